The van der Waals surface area contributed by atoms with E-state index in [1.165, 1.54) is 12.0 Å². The van der Waals surface area contributed by atoms with E-state index in [2.05, 4.69) is 57.7 Å². The Balaban J connectivity index is 1.69. The fraction of sp³-hybridized carbons (Fsp3) is 0.353. The highest BCUT2D eigenvalue weighted by molar-refractivity contribution is 5.19. The first kappa shape index (κ1) is 13.3. The summed E-state index contributed by atoms with van der Waals surface area (Å²) in [4.78, 5) is 6.94. The summed E-state index contributed by atoms with van der Waals surface area (Å²) >= 11 is 0. The van der Waals surface area contributed by atoms with Gasteiger partial charge in [0.15, 0.2) is 0 Å². The van der Waals surface area contributed by atoms with E-state index < -0.39 is 0 Å². The van der Waals surface area contributed by atoms with E-state index in [-0.39, 0.29) is 0 Å². The van der Waals surface area contributed by atoms with Crippen molar-refractivity contribution in [3.05, 3.63) is 66.0 Å². The number of aromatic nitrogens is 1. The molecule has 1 atom stereocenters. The summed E-state index contributed by atoms with van der Waals surface area (Å²) in [6, 6.07) is 17.3. The van der Waals surface area contributed by atoms with Gasteiger partial charge in [-0.25, -0.2) is 0 Å². The minimum Gasteiger partial charge on any atom is -0.309 e. The van der Waals surface area contributed by atoms with Crippen molar-refractivity contribution in [3.63, 3.8) is 0 Å². The molecule has 1 unspecified atom stereocenters. The largest absolute Gasteiger partial charge is 0.309 e. The highest BCUT2D eigenvalue weighted by atomic mass is 15.2. The Kier molecular flexibility index (Phi) is 4.41. The molecule has 0 bridgehead atoms. The van der Waals surface area contributed by atoms with Crippen LogP contribution >= 0.6 is 0 Å². The highest BCUT2D eigenvalue weighted by Gasteiger charge is 2.19. The van der Waals surface area contributed by atoms with Crippen LogP contribution in [0.1, 0.15) is 23.7 Å². The van der Waals surface area contributed by atoms with Crippen LogP contribution in [0.3, 0.4) is 0 Å². The maximum atomic E-state index is 4.44. The van der Waals surface area contributed by atoms with E-state index in [0.29, 0.717) is 6.04 Å². The van der Waals surface area contributed by atoms with Gasteiger partial charge in [0.25, 0.3) is 0 Å². The lowest BCUT2D eigenvalue weighted by Gasteiger charge is -2.24. The van der Waals surface area contributed by atoms with Crippen LogP contribution in [-0.2, 0) is 6.54 Å². The number of nitrogens with zero attached hydrogens (tertiary/aromatic N) is 2. The molecule has 0 aliphatic carbocycles. The summed E-state index contributed by atoms with van der Waals surface area (Å²) in [7, 11) is 0. The number of hydrogen-bond acceptors (Lipinski definition) is 3. The summed E-state index contributed by atoms with van der Waals surface area (Å²) in [6.45, 7) is 4.19. The van der Waals surface area contributed by atoms with Crippen LogP contribution in [0.5, 0.6) is 0 Å². The third kappa shape index (κ3) is 3.44. The van der Waals surface area contributed by atoms with Gasteiger partial charge in [0.05, 0.1) is 5.69 Å². The Morgan fingerprint density at radius 2 is 1.95 bits per heavy atom. The van der Waals surface area contributed by atoms with Crippen LogP contribution < -0.4 is 5.32 Å². The van der Waals surface area contributed by atoms with Crippen molar-refractivity contribution < 1.29 is 0 Å². The van der Waals surface area contributed by atoms with Crippen LogP contribution in [0.2, 0.25) is 0 Å². The summed E-state index contributed by atoms with van der Waals surface area (Å²) in [6.07, 6.45) is 3.07. The normalized spacial score (nSPS) is 20.5. The Morgan fingerprint density at radius 1 is 1.10 bits per heavy atom. The SMILES string of the molecule is c1ccc(C2CN(Cc3ccccn3)CCCN2)cc1. The van der Waals surface area contributed by atoms with E-state index in [1.54, 1.807) is 0 Å². The molecule has 1 aromatic heterocycles. The zero-order valence-electron chi connectivity index (χ0n) is 11.7. The molecule has 1 fully saturated rings. The molecule has 3 rings (SSSR count). The molecule has 104 valence electrons. The fourth-order valence-electron chi connectivity index (χ4n) is 2.77. The monoisotopic (exact) mass is 267 g/mol. The van der Waals surface area contributed by atoms with Crippen molar-refractivity contribution in [1.29, 1.82) is 0 Å². The number of rotatable bonds is 3. The van der Waals surface area contributed by atoms with Gasteiger partial charge < -0.3 is 5.32 Å². The number of hydrogen-bond donors (Lipinski definition) is 1. The maximum Gasteiger partial charge on any atom is 0.0543 e. The van der Waals surface area contributed by atoms with Crippen LogP contribution in [0.15, 0.2) is 54.7 Å². The fourth-order valence-corrected chi connectivity index (χ4v) is 2.77. The lowest BCUT2D eigenvalue weighted by molar-refractivity contribution is 0.258. The van der Waals surface area contributed by atoms with Crippen molar-refractivity contribution in [2.45, 2.75) is 19.0 Å². The van der Waals surface area contributed by atoms with E-state index in [0.717, 1.165) is 31.9 Å². The molecular formula is C17H21N3. The summed E-state index contributed by atoms with van der Waals surface area (Å²) in [5.41, 5.74) is 2.53. The smallest absolute Gasteiger partial charge is 0.0543 e. The molecular weight excluding hydrogens is 246 g/mol. The summed E-state index contributed by atoms with van der Waals surface area (Å²) < 4.78 is 0. The zero-order valence-corrected chi connectivity index (χ0v) is 11.7. The maximum absolute atomic E-state index is 4.44. The molecule has 0 saturated carbocycles. The lowest BCUT2D eigenvalue weighted by Crippen LogP contribution is -2.31. The predicted octanol–water partition coefficient (Wildman–Crippen LogP) is 2.62. The van der Waals surface area contributed by atoms with Crippen molar-refractivity contribution in [2.24, 2.45) is 0 Å². The van der Waals surface area contributed by atoms with E-state index in [9.17, 15) is 0 Å². The Hall–Kier alpha value is -1.71. The molecule has 2 aromatic rings. The van der Waals surface area contributed by atoms with Crippen molar-refractivity contribution in [3.8, 4) is 0 Å². The van der Waals surface area contributed by atoms with Gasteiger partial charge in [0.1, 0.15) is 0 Å². The molecule has 1 aromatic carbocycles. The Bertz CT molecular complexity index is 512. The van der Waals surface area contributed by atoms with Crippen molar-refractivity contribution in [1.82, 2.24) is 15.2 Å². The van der Waals surface area contributed by atoms with Crippen LogP contribution in [-0.4, -0.2) is 29.5 Å². The second-order valence-electron chi connectivity index (χ2n) is 5.33. The molecule has 0 spiro atoms. The van der Waals surface area contributed by atoms with Crippen LogP contribution in [0.4, 0.5) is 0 Å². The predicted molar refractivity (Wildman–Crippen MR) is 81.3 cm³/mol. The first-order valence-electron chi connectivity index (χ1n) is 7.32. The molecule has 3 nitrogen and oxygen atoms in total. The van der Waals surface area contributed by atoms with Gasteiger partial charge in [-0.3, -0.25) is 9.88 Å². The summed E-state index contributed by atoms with van der Waals surface area (Å²) in [5, 5.41) is 3.65. The van der Waals surface area contributed by atoms with Crippen molar-refractivity contribution >= 4 is 0 Å². The van der Waals surface area contributed by atoms with Gasteiger partial charge in [0.2, 0.25) is 0 Å². The minimum atomic E-state index is 0.419. The number of benzene rings is 1. The zero-order chi connectivity index (χ0) is 13.6. The van der Waals surface area contributed by atoms with Gasteiger partial charge >= 0.3 is 0 Å². The van der Waals surface area contributed by atoms with E-state index in [1.807, 2.05) is 12.3 Å². The molecule has 2 heterocycles. The van der Waals surface area contributed by atoms with Gasteiger partial charge in [-0.2, -0.15) is 0 Å². The Morgan fingerprint density at radius 3 is 2.75 bits per heavy atom. The lowest BCUT2D eigenvalue weighted by atomic mass is 10.1. The number of nitrogens with one attached hydrogen (secondary N) is 1. The molecule has 1 aliphatic heterocycles. The van der Waals surface area contributed by atoms with E-state index in [4.69, 9.17) is 0 Å². The van der Waals surface area contributed by atoms with Crippen molar-refractivity contribution in [2.75, 3.05) is 19.6 Å². The second-order valence-corrected chi connectivity index (χ2v) is 5.33. The standard InChI is InChI=1S/C17H21N3/c1-2-7-15(8-3-1)17-14-20(12-6-11-19-17)13-16-9-4-5-10-18-16/h1-5,7-10,17,19H,6,11-14H2. The van der Waals surface area contributed by atoms with E-state index >= 15 is 0 Å². The molecule has 3 heteroatoms. The minimum absolute atomic E-state index is 0.419. The molecule has 1 saturated heterocycles. The molecule has 1 N–H and O–H groups in total. The third-order valence-corrected chi connectivity index (χ3v) is 3.80. The average Bonchev–Trinajstić information content (AvgIpc) is 2.75. The molecule has 1 aliphatic rings. The molecule has 0 radical (unpaired) electrons. The van der Waals surface area contributed by atoms with Crippen LogP contribution in [0.25, 0.3) is 0 Å². The topological polar surface area (TPSA) is 28.2 Å². The quantitative estimate of drug-likeness (QED) is 0.926. The van der Waals surface area contributed by atoms with Gasteiger partial charge in [0, 0.05) is 25.3 Å². The van der Waals surface area contributed by atoms with Crippen LogP contribution in [0, 0.1) is 0 Å². The number of pyridine rings is 1. The first-order valence-corrected chi connectivity index (χ1v) is 7.32. The average molecular weight is 267 g/mol. The van der Waals surface area contributed by atoms with Gasteiger partial charge in [-0.05, 0) is 37.2 Å². The molecule has 20 heavy (non-hydrogen) atoms. The van der Waals surface area contributed by atoms with Gasteiger partial charge in [-0.15, -0.1) is 0 Å². The second kappa shape index (κ2) is 6.64. The first-order chi connectivity index (χ1) is 9.92. The third-order valence-electron chi connectivity index (χ3n) is 3.80. The molecule has 0 amide bonds. The summed E-state index contributed by atoms with van der Waals surface area (Å²) in [5.74, 6) is 0. The Labute approximate surface area is 120 Å². The highest BCUT2D eigenvalue weighted by Crippen LogP contribution is 2.17. The van der Waals surface area contributed by atoms with Gasteiger partial charge in [-0.1, -0.05) is 36.4 Å².